The summed E-state index contributed by atoms with van der Waals surface area (Å²) in [4.78, 5) is 19.1. The highest BCUT2D eigenvalue weighted by molar-refractivity contribution is 5.07. The molecule has 2 rings (SSSR count). The van der Waals surface area contributed by atoms with E-state index in [-0.39, 0.29) is 5.56 Å². The van der Waals surface area contributed by atoms with Gasteiger partial charge in [0.15, 0.2) is 0 Å². The zero-order chi connectivity index (χ0) is 12.3. The van der Waals surface area contributed by atoms with E-state index in [1.54, 1.807) is 6.07 Å². The number of aromatic amines is 1. The Balaban J connectivity index is 2.21. The average molecular weight is 235 g/mol. The quantitative estimate of drug-likeness (QED) is 0.833. The molecule has 1 aromatic heterocycles. The fraction of sp³-hybridized carbons (Fsp3) is 0.692. The number of piperidine rings is 1. The standard InChI is InChI=1S/C13H21N3O/c1-9(2)7-11-8-12(17)16-13(15-11)10-3-5-14-6-4-10/h8-10,14H,3-7H2,1-2H3,(H,15,16,17). The van der Waals surface area contributed by atoms with E-state index in [1.165, 1.54) is 0 Å². The van der Waals surface area contributed by atoms with Crippen molar-refractivity contribution in [1.82, 2.24) is 15.3 Å². The molecule has 17 heavy (non-hydrogen) atoms. The van der Waals surface area contributed by atoms with Gasteiger partial charge in [0.05, 0.1) is 0 Å². The molecule has 94 valence electrons. The number of nitrogens with zero attached hydrogens (tertiary/aromatic N) is 1. The minimum Gasteiger partial charge on any atom is -0.317 e. The number of nitrogens with one attached hydrogen (secondary N) is 2. The van der Waals surface area contributed by atoms with Gasteiger partial charge in [-0.3, -0.25) is 4.79 Å². The number of H-pyrrole nitrogens is 1. The maximum Gasteiger partial charge on any atom is 0.251 e. The lowest BCUT2D eigenvalue weighted by molar-refractivity contribution is 0.442. The Morgan fingerprint density at radius 1 is 1.41 bits per heavy atom. The van der Waals surface area contributed by atoms with Crippen LogP contribution in [0.3, 0.4) is 0 Å². The van der Waals surface area contributed by atoms with Crippen molar-refractivity contribution in [1.29, 1.82) is 0 Å². The van der Waals surface area contributed by atoms with E-state index in [0.29, 0.717) is 11.8 Å². The Labute approximate surface area is 102 Å². The van der Waals surface area contributed by atoms with Gasteiger partial charge in [0.2, 0.25) is 0 Å². The van der Waals surface area contributed by atoms with Gasteiger partial charge >= 0.3 is 0 Å². The van der Waals surface area contributed by atoms with Crippen LogP contribution < -0.4 is 10.9 Å². The summed E-state index contributed by atoms with van der Waals surface area (Å²) in [7, 11) is 0. The lowest BCUT2D eigenvalue weighted by atomic mass is 9.97. The Bertz CT molecular complexity index is 419. The second-order valence-corrected chi connectivity index (χ2v) is 5.24. The van der Waals surface area contributed by atoms with Gasteiger partial charge in [-0.05, 0) is 38.3 Å². The van der Waals surface area contributed by atoms with Crippen LogP contribution >= 0.6 is 0 Å². The van der Waals surface area contributed by atoms with Gasteiger partial charge < -0.3 is 10.3 Å². The van der Waals surface area contributed by atoms with Crippen molar-refractivity contribution in [3.63, 3.8) is 0 Å². The van der Waals surface area contributed by atoms with Gasteiger partial charge in [0.25, 0.3) is 5.56 Å². The number of hydrogen-bond acceptors (Lipinski definition) is 3. The van der Waals surface area contributed by atoms with Crippen molar-refractivity contribution in [3.05, 3.63) is 27.9 Å². The van der Waals surface area contributed by atoms with Crippen LogP contribution in [0.5, 0.6) is 0 Å². The topological polar surface area (TPSA) is 57.8 Å². The molecule has 4 heteroatoms. The minimum atomic E-state index is -0.0100. The molecule has 1 aliphatic heterocycles. The van der Waals surface area contributed by atoms with E-state index in [2.05, 4.69) is 29.1 Å². The van der Waals surface area contributed by atoms with Crippen LogP contribution in [0.4, 0.5) is 0 Å². The SMILES string of the molecule is CC(C)Cc1cc(=O)[nH]c(C2CCNCC2)n1. The van der Waals surface area contributed by atoms with Gasteiger partial charge in [-0.2, -0.15) is 0 Å². The molecule has 1 fully saturated rings. The molecule has 0 unspecified atom stereocenters. The van der Waals surface area contributed by atoms with Crippen LogP contribution in [-0.2, 0) is 6.42 Å². The van der Waals surface area contributed by atoms with E-state index in [1.807, 2.05) is 0 Å². The lowest BCUT2D eigenvalue weighted by Gasteiger charge is -2.22. The van der Waals surface area contributed by atoms with Crippen molar-refractivity contribution in [3.8, 4) is 0 Å². The monoisotopic (exact) mass is 235 g/mol. The molecule has 0 saturated carbocycles. The predicted molar refractivity (Wildman–Crippen MR) is 68.2 cm³/mol. The van der Waals surface area contributed by atoms with Crippen LogP contribution in [0, 0.1) is 5.92 Å². The van der Waals surface area contributed by atoms with Gasteiger partial charge in [0, 0.05) is 17.7 Å². The Kier molecular flexibility index (Phi) is 3.94. The first kappa shape index (κ1) is 12.3. The molecule has 2 heterocycles. The average Bonchev–Trinajstić information content (AvgIpc) is 2.28. The Morgan fingerprint density at radius 3 is 2.76 bits per heavy atom. The van der Waals surface area contributed by atoms with Gasteiger partial charge in [-0.25, -0.2) is 4.98 Å². The van der Waals surface area contributed by atoms with Gasteiger partial charge in [-0.15, -0.1) is 0 Å². The molecule has 0 atom stereocenters. The van der Waals surface area contributed by atoms with E-state index in [4.69, 9.17) is 0 Å². The summed E-state index contributed by atoms with van der Waals surface area (Å²) in [5.74, 6) is 1.83. The molecule has 4 nitrogen and oxygen atoms in total. The second-order valence-electron chi connectivity index (χ2n) is 5.24. The van der Waals surface area contributed by atoms with Crippen LogP contribution in [0.15, 0.2) is 10.9 Å². The highest BCUT2D eigenvalue weighted by atomic mass is 16.1. The van der Waals surface area contributed by atoms with Crippen molar-refractivity contribution in [2.24, 2.45) is 5.92 Å². The number of hydrogen-bond donors (Lipinski definition) is 2. The molecule has 0 aromatic carbocycles. The van der Waals surface area contributed by atoms with Gasteiger partial charge in [-0.1, -0.05) is 13.8 Å². The van der Waals surface area contributed by atoms with E-state index < -0.39 is 0 Å². The molecule has 1 aromatic rings. The molecule has 0 amide bonds. The summed E-state index contributed by atoms with van der Waals surface area (Å²) in [6.07, 6.45) is 3.00. The van der Waals surface area contributed by atoms with Crippen molar-refractivity contribution in [2.45, 2.75) is 39.0 Å². The fourth-order valence-corrected chi connectivity index (χ4v) is 2.34. The second kappa shape index (κ2) is 5.45. The highest BCUT2D eigenvalue weighted by Gasteiger charge is 2.18. The van der Waals surface area contributed by atoms with Crippen molar-refractivity contribution < 1.29 is 0 Å². The maximum atomic E-state index is 11.6. The van der Waals surface area contributed by atoms with Crippen LogP contribution in [0.25, 0.3) is 0 Å². The third-order valence-corrected chi connectivity index (χ3v) is 3.16. The predicted octanol–water partition coefficient (Wildman–Crippen LogP) is 1.44. The lowest BCUT2D eigenvalue weighted by Crippen LogP contribution is -2.29. The third-order valence-electron chi connectivity index (χ3n) is 3.16. The minimum absolute atomic E-state index is 0.0100. The van der Waals surface area contributed by atoms with Crippen LogP contribution in [0.2, 0.25) is 0 Å². The molecule has 0 bridgehead atoms. The zero-order valence-corrected chi connectivity index (χ0v) is 10.6. The third kappa shape index (κ3) is 3.40. The van der Waals surface area contributed by atoms with Crippen LogP contribution in [0.1, 0.15) is 44.1 Å². The molecule has 2 N–H and O–H groups in total. The van der Waals surface area contributed by atoms with Gasteiger partial charge in [0.1, 0.15) is 5.82 Å². The molecule has 0 aliphatic carbocycles. The molecule has 1 saturated heterocycles. The zero-order valence-electron chi connectivity index (χ0n) is 10.6. The summed E-state index contributed by atoms with van der Waals surface area (Å²) < 4.78 is 0. The Hall–Kier alpha value is -1.16. The van der Waals surface area contributed by atoms with E-state index in [0.717, 1.165) is 43.9 Å². The summed E-state index contributed by atoms with van der Waals surface area (Å²) >= 11 is 0. The number of aromatic nitrogens is 2. The number of rotatable bonds is 3. The maximum absolute atomic E-state index is 11.6. The van der Waals surface area contributed by atoms with Crippen LogP contribution in [-0.4, -0.2) is 23.1 Å². The summed E-state index contributed by atoms with van der Waals surface area (Å²) in [6.45, 7) is 6.33. The van der Waals surface area contributed by atoms with Crippen molar-refractivity contribution in [2.75, 3.05) is 13.1 Å². The molecule has 1 aliphatic rings. The summed E-state index contributed by atoms with van der Waals surface area (Å²) in [6, 6.07) is 1.63. The van der Waals surface area contributed by atoms with E-state index in [9.17, 15) is 4.79 Å². The highest BCUT2D eigenvalue weighted by Crippen LogP contribution is 2.21. The summed E-state index contributed by atoms with van der Waals surface area (Å²) in [5.41, 5.74) is 0.918. The summed E-state index contributed by atoms with van der Waals surface area (Å²) in [5, 5.41) is 3.33. The molecule has 0 spiro atoms. The van der Waals surface area contributed by atoms with Crippen molar-refractivity contribution >= 4 is 0 Å². The molecule has 0 radical (unpaired) electrons. The first-order chi connectivity index (χ1) is 8.15. The molecular weight excluding hydrogens is 214 g/mol. The molecular formula is C13H21N3O. The first-order valence-corrected chi connectivity index (χ1v) is 6.46. The Morgan fingerprint density at radius 2 is 2.12 bits per heavy atom. The largest absolute Gasteiger partial charge is 0.317 e. The normalized spacial score (nSPS) is 17.6. The first-order valence-electron chi connectivity index (χ1n) is 6.46. The van der Waals surface area contributed by atoms with E-state index >= 15 is 0 Å². The fourth-order valence-electron chi connectivity index (χ4n) is 2.34. The smallest absolute Gasteiger partial charge is 0.251 e.